The van der Waals surface area contributed by atoms with Crippen molar-refractivity contribution in [3.8, 4) is 0 Å². The molecule has 650 valence electrons. The summed E-state index contributed by atoms with van der Waals surface area (Å²) in [4.78, 5) is 220. The first kappa shape index (κ1) is 96.6. The molecule has 0 saturated heterocycles. The highest BCUT2D eigenvalue weighted by Crippen LogP contribution is 2.35. The van der Waals surface area contributed by atoms with E-state index in [2.05, 4.69) is 41.5 Å². The van der Waals surface area contributed by atoms with E-state index in [0.717, 1.165) is 175 Å². The van der Waals surface area contributed by atoms with E-state index < -0.39 is 149 Å². The molecule has 0 saturated carbocycles. The van der Waals surface area contributed by atoms with Crippen LogP contribution >= 0.6 is 0 Å². The molecule has 0 radical (unpaired) electrons. The number of hydrogen-bond donors (Lipinski definition) is 0. The Hall–Kier alpha value is -12.2. The summed E-state index contributed by atoms with van der Waals surface area (Å²) in [5.41, 5.74) is 5.36. The van der Waals surface area contributed by atoms with Crippen molar-refractivity contribution in [2.45, 2.75) is 208 Å². The van der Waals surface area contributed by atoms with Crippen molar-refractivity contribution in [2.24, 2.45) is 23.7 Å². The zero-order valence-corrected chi connectivity index (χ0v) is 69.0. The van der Waals surface area contributed by atoms with Gasteiger partial charge in [-0.25, -0.2) is 87.4 Å². The zero-order chi connectivity index (χ0) is 86.5. The smallest absolute Gasteiger partial charge is 0.432 e. The Balaban J connectivity index is 1.39. The van der Waals surface area contributed by atoms with E-state index in [9.17, 15) is 57.5 Å². The minimum absolute atomic E-state index is 0.000144. The molecule has 0 aliphatic heterocycles. The van der Waals surface area contributed by atoms with Crippen LogP contribution in [0.3, 0.4) is 0 Å². The molecule has 0 aromatic heterocycles. The molecule has 0 fully saturated rings. The van der Waals surface area contributed by atoms with Gasteiger partial charge >= 0.3 is 72.7 Å². The SMILES string of the molecule is CCCCCc1ccc(C(=O)OOC(=O)OCCC(COC(=O)OOC(=O)c2ccc(CCCCC)cc2)C(COC(=O)OOC(=O)c2ccc(CCCCC)cc2)C(COC(=O)OOC(=O)c2ccc(CCCCC)cc2)C(CCOC(=O)OOC(=O)c2ccc(CCCCC)cc2)COC(=O)OOC(=O)c2ccc(CCCCC)cc2)cc1. The van der Waals surface area contributed by atoms with E-state index in [0.29, 0.717) is 12.8 Å². The third-order valence-corrected chi connectivity index (χ3v) is 19.5. The van der Waals surface area contributed by atoms with E-state index in [1.54, 1.807) is 72.8 Å². The molecular formula is C90H110O30. The van der Waals surface area contributed by atoms with Crippen LogP contribution in [0.5, 0.6) is 0 Å². The van der Waals surface area contributed by atoms with Gasteiger partial charge in [-0.05, 0) is 196 Å². The number of rotatable bonds is 47. The van der Waals surface area contributed by atoms with Crippen LogP contribution in [-0.2, 0) is 126 Å². The first-order chi connectivity index (χ1) is 58.2. The molecule has 30 nitrogen and oxygen atoms in total. The fourth-order valence-electron chi connectivity index (χ4n) is 12.5. The molecule has 6 rings (SSSR count). The van der Waals surface area contributed by atoms with Crippen molar-refractivity contribution in [1.82, 2.24) is 0 Å². The predicted octanol–water partition coefficient (Wildman–Crippen LogP) is 20.2. The minimum Gasteiger partial charge on any atom is -0.432 e. The van der Waals surface area contributed by atoms with E-state index in [1.165, 1.54) is 72.8 Å². The molecule has 0 spiro atoms. The highest BCUT2D eigenvalue weighted by molar-refractivity contribution is 5.92. The summed E-state index contributed by atoms with van der Waals surface area (Å²) >= 11 is 0. The van der Waals surface area contributed by atoms with Crippen molar-refractivity contribution in [3.05, 3.63) is 212 Å². The van der Waals surface area contributed by atoms with Crippen LogP contribution in [0.2, 0.25) is 0 Å². The standard InChI is InChI=1S/C90H110O30/c1-7-13-19-25-63-31-43-69(44-32-63)79(91)109-115-85(97)103-57-55-75(59-105-87(99)117-111-81(93)71-47-35-65(36-48-71)27-21-15-9-3)77(61-107-89(101)119-113-83(95)73-51-39-67(40-52-73)29-23-17-11-5)78(62-108-90(102)120-114-84(96)74-53-41-68(42-54-74)30-24-18-12-6)76(60-106-88(100)118-112-82(94)72-49-37-66(38-50-72)28-22-16-10-4)56-58-104-86(98)116-110-80(92)70-45-33-64(34-46-70)26-20-14-8-2/h31-54,75-78H,7-30,55-62H2,1-6H3. The van der Waals surface area contributed by atoms with Crippen molar-refractivity contribution in [1.29, 1.82) is 0 Å². The first-order valence-electron chi connectivity index (χ1n) is 41.1. The van der Waals surface area contributed by atoms with Crippen LogP contribution in [0, 0.1) is 23.7 Å². The molecular weight excluding hydrogens is 1560 g/mol. The van der Waals surface area contributed by atoms with Gasteiger partial charge < -0.3 is 28.4 Å². The van der Waals surface area contributed by atoms with Gasteiger partial charge in [0, 0.05) is 23.7 Å². The van der Waals surface area contributed by atoms with E-state index >= 15 is 0 Å². The minimum atomic E-state index is -1.73. The molecule has 6 aromatic carbocycles. The van der Waals surface area contributed by atoms with E-state index in [1.807, 2.05) is 0 Å². The van der Waals surface area contributed by atoms with Gasteiger partial charge in [-0.1, -0.05) is 191 Å². The second-order valence-corrected chi connectivity index (χ2v) is 28.5. The lowest BCUT2D eigenvalue weighted by atomic mass is 9.74. The maximum absolute atomic E-state index is 14.0. The summed E-state index contributed by atoms with van der Waals surface area (Å²) in [7, 11) is 0. The Bertz CT molecular complexity index is 3840. The quantitative estimate of drug-likeness (QED) is 0.0113. The molecule has 30 heteroatoms. The third kappa shape index (κ3) is 37.6. The van der Waals surface area contributed by atoms with Crippen LogP contribution < -0.4 is 0 Å². The van der Waals surface area contributed by atoms with E-state index in [4.69, 9.17) is 87.1 Å². The maximum Gasteiger partial charge on any atom is 0.549 e. The second kappa shape index (κ2) is 56.2. The summed E-state index contributed by atoms with van der Waals surface area (Å²) in [6.45, 7) is 6.65. The molecule has 120 heavy (non-hydrogen) atoms. The van der Waals surface area contributed by atoms with Gasteiger partial charge in [-0.3, -0.25) is 0 Å². The van der Waals surface area contributed by atoms with Gasteiger partial charge in [0.15, 0.2) is 0 Å². The average Bonchev–Trinajstić information content (AvgIpc) is 0.827. The largest absolute Gasteiger partial charge is 0.549 e. The molecule has 0 aliphatic rings. The van der Waals surface area contributed by atoms with Crippen molar-refractivity contribution < 1.29 is 145 Å². The maximum atomic E-state index is 14.0. The van der Waals surface area contributed by atoms with Gasteiger partial charge in [0.05, 0.1) is 73.0 Å². The average molecular weight is 1670 g/mol. The molecule has 0 bridgehead atoms. The number of benzene rings is 6. The summed E-state index contributed by atoms with van der Waals surface area (Å²) in [5, 5.41) is 0. The Morgan fingerprint density at radius 2 is 0.375 bits per heavy atom. The lowest BCUT2D eigenvalue weighted by Gasteiger charge is -2.36. The lowest BCUT2D eigenvalue weighted by Crippen LogP contribution is -2.41. The second-order valence-electron chi connectivity index (χ2n) is 28.5. The Kier molecular flexibility index (Phi) is 45.2. The molecule has 0 aliphatic carbocycles. The van der Waals surface area contributed by atoms with Gasteiger partial charge in [-0.15, -0.1) is 0 Å². The molecule has 0 N–H and O–H groups in total. The predicted molar refractivity (Wildman–Crippen MR) is 428 cm³/mol. The highest BCUT2D eigenvalue weighted by atomic mass is 17.3. The van der Waals surface area contributed by atoms with Crippen molar-refractivity contribution in [2.75, 3.05) is 39.6 Å². The zero-order valence-electron chi connectivity index (χ0n) is 69.0. The number of hydrogen-bond acceptors (Lipinski definition) is 30. The summed E-state index contributed by atoms with van der Waals surface area (Å²) < 4.78 is 33.2. The van der Waals surface area contributed by atoms with Crippen LogP contribution in [0.15, 0.2) is 146 Å². The number of aryl methyl sites for hydroxylation is 6. The van der Waals surface area contributed by atoms with Crippen LogP contribution in [-0.4, -0.2) is 112 Å². The molecule has 4 unspecified atom stereocenters. The van der Waals surface area contributed by atoms with Crippen LogP contribution in [0.1, 0.15) is 265 Å². The van der Waals surface area contributed by atoms with Gasteiger partial charge in [0.1, 0.15) is 0 Å². The molecule has 0 heterocycles. The summed E-state index contributed by atoms with van der Waals surface area (Å²) in [6, 6.07) is 37.8. The summed E-state index contributed by atoms with van der Waals surface area (Å²) in [6.07, 6.45) is 10.2. The van der Waals surface area contributed by atoms with Gasteiger partial charge in [0.25, 0.3) is 0 Å². The third-order valence-electron chi connectivity index (χ3n) is 19.5. The van der Waals surface area contributed by atoms with Crippen LogP contribution in [0.4, 0.5) is 28.8 Å². The fourth-order valence-corrected chi connectivity index (χ4v) is 12.5. The topological polar surface area (TPSA) is 371 Å². The lowest BCUT2D eigenvalue weighted by molar-refractivity contribution is -0.212. The number of carbonyl (C=O) groups excluding carboxylic acids is 12. The number of ether oxygens (including phenoxy) is 6. The number of carbonyl (C=O) groups is 12. The summed E-state index contributed by atoms with van der Waals surface area (Å²) in [5.74, 6) is -13.2. The molecule has 0 amide bonds. The number of unbranched alkanes of at least 4 members (excludes halogenated alkanes) is 12. The van der Waals surface area contributed by atoms with E-state index in [-0.39, 0.29) is 33.4 Å². The molecule has 4 atom stereocenters. The Morgan fingerprint density at radius 3 is 0.550 bits per heavy atom. The van der Waals surface area contributed by atoms with Crippen molar-refractivity contribution in [3.63, 3.8) is 0 Å². The molecule has 6 aromatic rings. The van der Waals surface area contributed by atoms with Gasteiger partial charge in [-0.2, -0.15) is 28.8 Å². The van der Waals surface area contributed by atoms with Gasteiger partial charge in [0.2, 0.25) is 0 Å². The first-order valence-corrected chi connectivity index (χ1v) is 41.1. The van der Waals surface area contributed by atoms with Crippen molar-refractivity contribution >= 4 is 72.7 Å². The fraction of sp³-hybridized carbons (Fsp3) is 0.467. The normalized spacial score (nSPS) is 11.8. The highest BCUT2D eigenvalue weighted by Gasteiger charge is 2.40. The van der Waals surface area contributed by atoms with Crippen LogP contribution in [0.25, 0.3) is 0 Å². The monoisotopic (exact) mass is 1670 g/mol. The Labute approximate surface area is 698 Å². The Morgan fingerprint density at radius 1 is 0.208 bits per heavy atom.